The summed E-state index contributed by atoms with van der Waals surface area (Å²) >= 11 is 0. The molecule has 3 aliphatic rings. The zero-order valence-corrected chi connectivity index (χ0v) is 52.2. The van der Waals surface area contributed by atoms with Crippen LogP contribution in [0.1, 0.15) is 264 Å². The highest BCUT2D eigenvalue weighted by molar-refractivity contribution is 5.76. The Morgan fingerprint density at radius 1 is 0.417 bits per heavy atom. The summed E-state index contributed by atoms with van der Waals surface area (Å²) in [5.74, 6) is -0.278. The summed E-state index contributed by atoms with van der Waals surface area (Å²) in [4.78, 5) is 13.2. The fourth-order valence-corrected chi connectivity index (χ4v) is 11.8. The fraction of sp³-hybridized carbons (Fsp3) is 0.954. The van der Waals surface area contributed by atoms with Crippen molar-refractivity contribution < 1.29 is 89.4 Å². The van der Waals surface area contributed by atoms with Crippen LogP contribution < -0.4 is 5.32 Å². The lowest BCUT2D eigenvalue weighted by Crippen LogP contribution is -2.66. The molecule has 0 saturated carbocycles. The molecule has 0 aromatic heterocycles. The highest BCUT2D eigenvalue weighted by atomic mass is 16.8. The monoisotopic (exact) mass is 1210 g/mol. The van der Waals surface area contributed by atoms with Gasteiger partial charge in [-0.3, -0.25) is 4.79 Å². The van der Waals surface area contributed by atoms with Crippen LogP contribution in [0.15, 0.2) is 12.2 Å². The van der Waals surface area contributed by atoms with Crippen molar-refractivity contribution in [2.45, 2.75) is 369 Å². The number of rotatable bonds is 52. The van der Waals surface area contributed by atoms with Crippen LogP contribution in [-0.2, 0) is 33.2 Å². The molecular weight excluding hydrogens is 1080 g/mol. The van der Waals surface area contributed by atoms with E-state index in [0.29, 0.717) is 6.42 Å². The Morgan fingerprint density at radius 3 is 1.12 bits per heavy atom. The Hall–Kier alpha value is -1.47. The number of aliphatic hydroxyl groups excluding tert-OH is 11. The molecule has 3 saturated heterocycles. The predicted octanol–water partition coefficient (Wildman–Crippen LogP) is 8.11. The van der Waals surface area contributed by atoms with Gasteiger partial charge in [0.15, 0.2) is 18.9 Å². The molecule has 0 radical (unpaired) electrons. The van der Waals surface area contributed by atoms with Crippen LogP contribution in [0.4, 0.5) is 0 Å². The van der Waals surface area contributed by atoms with Crippen LogP contribution >= 0.6 is 0 Å². The third-order valence-corrected chi connectivity index (χ3v) is 17.3. The molecule has 3 aliphatic heterocycles. The number of aliphatic hydroxyl groups is 11. The van der Waals surface area contributed by atoms with Crippen molar-refractivity contribution in [3.63, 3.8) is 0 Å². The van der Waals surface area contributed by atoms with Crippen LogP contribution in [0, 0.1) is 0 Å². The Labute approximate surface area is 506 Å². The number of unbranched alkanes of at least 4 members (excludes halogenated alkanes) is 36. The number of carbonyl (C=O) groups is 1. The van der Waals surface area contributed by atoms with E-state index in [1.165, 1.54) is 193 Å². The van der Waals surface area contributed by atoms with E-state index in [2.05, 4.69) is 19.2 Å². The smallest absolute Gasteiger partial charge is 0.220 e. The van der Waals surface area contributed by atoms with Crippen molar-refractivity contribution in [2.75, 3.05) is 26.4 Å². The summed E-state index contributed by atoms with van der Waals surface area (Å²) in [5, 5.41) is 120. The maximum Gasteiger partial charge on any atom is 0.220 e. The molecule has 17 atom stereocenters. The summed E-state index contributed by atoms with van der Waals surface area (Å²) in [7, 11) is 0. The van der Waals surface area contributed by atoms with Crippen molar-refractivity contribution in [3.05, 3.63) is 12.2 Å². The molecule has 3 heterocycles. The molecule has 3 rings (SSSR count). The van der Waals surface area contributed by atoms with E-state index < -0.39 is 124 Å². The van der Waals surface area contributed by atoms with Gasteiger partial charge in [0.1, 0.15) is 73.2 Å². The fourth-order valence-electron chi connectivity index (χ4n) is 11.8. The van der Waals surface area contributed by atoms with Crippen LogP contribution in [0.2, 0.25) is 0 Å². The summed E-state index contributed by atoms with van der Waals surface area (Å²) in [6.07, 6.45) is 26.1. The summed E-state index contributed by atoms with van der Waals surface area (Å²) in [6, 6.07) is -0.964. The van der Waals surface area contributed by atoms with Gasteiger partial charge in [0, 0.05) is 6.42 Å². The number of nitrogens with one attached hydrogen (secondary N) is 1. The zero-order valence-electron chi connectivity index (χ0n) is 52.2. The Bertz CT molecular complexity index is 1580. The molecule has 0 aromatic rings. The second-order valence-electron chi connectivity index (χ2n) is 24.7. The minimum Gasteiger partial charge on any atom is -0.394 e. The number of ether oxygens (including phenoxy) is 6. The maximum absolute atomic E-state index is 13.2. The predicted molar refractivity (Wildman–Crippen MR) is 323 cm³/mol. The minimum absolute atomic E-state index is 0.247. The summed E-state index contributed by atoms with van der Waals surface area (Å²) in [6.45, 7) is 1.62. The minimum atomic E-state index is -1.97. The van der Waals surface area contributed by atoms with E-state index in [4.69, 9.17) is 28.4 Å². The van der Waals surface area contributed by atoms with Gasteiger partial charge in [-0.15, -0.1) is 0 Å². The number of hydrogen-bond donors (Lipinski definition) is 12. The van der Waals surface area contributed by atoms with Gasteiger partial charge in [-0.2, -0.15) is 0 Å². The average molecular weight is 1210 g/mol. The summed E-state index contributed by atoms with van der Waals surface area (Å²) in [5.41, 5.74) is 0. The first-order valence-electron chi connectivity index (χ1n) is 33.9. The molecule has 3 fully saturated rings. The maximum atomic E-state index is 13.2. The molecular formula is C65H123NO18. The van der Waals surface area contributed by atoms with E-state index in [-0.39, 0.29) is 18.9 Å². The number of amides is 1. The third kappa shape index (κ3) is 30.8. The van der Waals surface area contributed by atoms with Crippen LogP contribution in [0.5, 0.6) is 0 Å². The normalized spacial score (nSPS) is 29.2. The molecule has 496 valence electrons. The molecule has 0 aliphatic carbocycles. The Balaban J connectivity index is 1.25. The van der Waals surface area contributed by atoms with Crippen molar-refractivity contribution in [1.29, 1.82) is 0 Å². The first-order valence-corrected chi connectivity index (χ1v) is 33.9. The highest BCUT2D eigenvalue weighted by Gasteiger charge is 2.53. The topological polar surface area (TPSA) is 307 Å². The van der Waals surface area contributed by atoms with E-state index in [1.807, 2.05) is 6.08 Å². The van der Waals surface area contributed by atoms with Crippen molar-refractivity contribution in [2.24, 2.45) is 0 Å². The van der Waals surface area contributed by atoms with E-state index in [0.717, 1.165) is 44.9 Å². The number of carbonyl (C=O) groups excluding carboxylic acids is 1. The second kappa shape index (κ2) is 48.4. The van der Waals surface area contributed by atoms with Gasteiger partial charge in [0.2, 0.25) is 5.91 Å². The molecule has 0 bridgehead atoms. The van der Waals surface area contributed by atoms with E-state index in [9.17, 15) is 61.0 Å². The average Bonchev–Trinajstić information content (AvgIpc) is 3.23. The zero-order chi connectivity index (χ0) is 61.2. The number of hydrogen-bond acceptors (Lipinski definition) is 18. The van der Waals surface area contributed by atoms with E-state index in [1.54, 1.807) is 6.08 Å². The number of allylic oxidation sites excluding steroid dienone is 1. The Morgan fingerprint density at radius 2 is 0.738 bits per heavy atom. The molecule has 0 aromatic carbocycles. The molecule has 12 N–H and O–H groups in total. The van der Waals surface area contributed by atoms with Crippen molar-refractivity contribution in [1.82, 2.24) is 5.32 Å². The van der Waals surface area contributed by atoms with Crippen molar-refractivity contribution >= 4 is 5.91 Å². The SMILES string of the molecule is CCCCC/C=C/C(O)C(COC1OC(CO)C(OC2OC(CO)C(OC3OC(CO)C(O)C(O)C3O)C(O)C2O)C(O)C1O)NC(=O)CCCCCCCCCCCCCCCCCCCCCCCCCCCCCCCCCCCC. The van der Waals surface area contributed by atoms with E-state index >= 15 is 0 Å². The quantitative estimate of drug-likeness (QED) is 0.0202. The first kappa shape index (κ1) is 76.8. The van der Waals surface area contributed by atoms with Crippen LogP contribution in [0.25, 0.3) is 0 Å². The molecule has 17 unspecified atom stereocenters. The summed E-state index contributed by atoms with van der Waals surface area (Å²) < 4.78 is 34.1. The molecule has 1 amide bonds. The van der Waals surface area contributed by atoms with Gasteiger partial charge < -0.3 is 89.9 Å². The highest BCUT2D eigenvalue weighted by Crippen LogP contribution is 2.33. The molecule has 19 heteroatoms. The first-order chi connectivity index (χ1) is 40.8. The van der Waals surface area contributed by atoms with Gasteiger partial charge in [-0.1, -0.05) is 251 Å². The molecule has 84 heavy (non-hydrogen) atoms. The lowest BCUT2D eigenvalue weighted by atomic mass is 9.96. The molecule has 19 nitrogen and oxygen atoms in total. The lowest BCUT2D eigenvalue weighted by molar-refractivity contribution is -0.379. The van der Waals surface area contributed by atoms with Gasteiger partial charge in [-0.05, 0) is 19.3 Å². The van der Waals surface area contributed by atoms with Crippen LogP contribution in [0.3, 0.4) is 0 Å². The van der Waals surface area contributed by atoms with Crippen LogP contribution in [-0.4, -0.2) is 193 Å². The third-order valence-electron chi connectivity index (χ3n) is 17.3. The Kier molecular flexibility index (Phi) is 44.2. The van der Waals surface area contributed by atoms with Gasteiger partial charge in [0.25, 0.3) is 0 Å². The lowest BCUT2D eigenvalue weighted by Gasteiger charge is -2.48. The van der Waals surface area contributed by atoms with Gasteiger partial charge >= 0.3 is 0 Å². The largest absolute Gasteiger partial charge is 0.394 e. The van der Waals surface area contributed by atoms with Crippen molar-refractivity contribution in [3.8, 4) is 0 Å². The molecule has 0 spiro atoms. The van der Waals surface area contributed by atoms with Gasteiger partial charge in [0.05, 0.1) is 38.6 Å². The van der Waals surface area contributed by atoms with Gasteiger partial charge in [-0.25, -0.2) is 0 Å². The standard InChI is InChI=1S/C65H123NO18/c1-3-5-7-9-10-11-12-13-14-15-16-17-18-19-20-21-22-23-24-25-26-27-28-29-30-31-32-33-34-35-36-37-39-41-43-53(71)66-48(49(70)42-40-38-8-6-4-2)47-79-63-59(77)56(74)61(51(45-68)81-63)84-65-60(78)57(75)62(52(46-69)82-65)83-64-58(76)55(73)54(72)50(44-67)80-64/h40,42,48-52,54-65,67-70,72-78H,3-39,41,43-47H2,1-2H3,(H,66,71)/b42-40+. The second-order valence-corrected chi connectivity index (χ2v) is 24.7.